The van der Waals surface area contributed by atoms with Crippen molar-refractivity contribution in [2.75, 3.05) is 6.61 Å². The third-order valence-electron chi connectivity index (χ3n) is 2.23. The molecule has 0 rings (SSSR count). The molecule has 0 fully saturated rings. The van der Waals surface area contributed by atoms with Gasteiger partial charge in [-0.1, -0.05) is 20.8 Å². The van der Waals surface area contributed by atoms with Crippen LogP contribution < -0.4 is 0 Å². The van der Waals surface area contributed by atoms with Crippen LogP contribution in [0, 0.1) is 0 Å². The van der Waals surface area contributed by atoms with Gasteiger partial charge in [0.25, 0.3) is 0 Å². The Morgan fingerprint density at radius 1 is 0.955 bits per heavy atom. The fraction of sp³-hybridized carbons (Fsp3) is 0.857. The fourth-order valence-corrected chi connectivity index (χ4v) is 1.05. The number of carboxylic acid groups (broad SMARTS) is 2. The largest absolute Gasteiger partial charge is 0.481 e. The van der Waals surface area contributed by atoms with Gasteiger partial charge in [0.15, 0.2) is 0 Å². The van der Waals surface area contributed by atoms with Crippen molar-refractivity contribution < 1.29 is 30.0 Å². The molecule has 0 aliphatic rings. The smallest absolute Gasteiger partial charge is 0.303 e. The molecule has 0 spiro atoms. The van der Waals surface area contributed by atoms with E-state index in [1.807, 2.05) is 20.8 Å². The summed E-state index contributed by atoms with van der Waals surface area (Å²) in [6.45, 7) is 5.47. The van der Waals surface area contributed by atoms with Crippen LogP contribution in [-0.4, -0.2) is 55.6 Å². The molecule has 0 aromatic carbocycles. The number of rotatable bonds is 8. The van der Waals surface area contributed by atoms with Crippen molar-refractivity contribution in [1.82, 2.24) is 0 Å². The average molecular weight is 359 g/mol. The van der Waals surface area contributed by atoms with Crippen LogP contribution >= 0.6 is 25.3 Å². The zero-order valence-electron chi connectivity index (χ0n) is 13.5. The van der Waals surface area contributed by atoms with Crippen molar-refractivity contribution in [2.24, 2.45) is 0 Å². The van der Waals surface area contributed by atoms with Gasteiger partial charge >= 0.3 is 11.9 Å². The fourth-order valence-electron chi connectivity index (χ4n) is 0.794. The molecule has 3 unspecified atom stereocenters. The topological polar surface area (TPSA) is 115 Å². The molecule has 6 nitrogen and oxygen atoms in total. The molecule has 0 saturated carbocycles. The van der Waals surface area contributed by atoms with E-state index in [0.29, 0.717) is 19.3 Å². The van der Waals surface area contributed by atoms with Gasteiger partial charge in [0.05, 0.1) is 12.7 Å². The summed E-state index contributed by atoms with van der Waals surface area (Å²) < 4.78 is 0. The highest BCUT2D eigenvalue weighted by atomic mass is 32.1. The summed E-state index contributed by atoms with van der Waals surface area (Å²) in [6.07, 6.45) is 1.88. The zero-order chi connectivity index (χ0) is 18.1. The average Bonchev–Trinajstić information content (AvgIpc) is 2.43. The van der Waals surface area contributed by atoms with Crippen LogP contribution in [-0.2, 0) is 9.59 Å². The van der Waals surface area contributed by atoms with Gasteiger partial charge in [-0.25, -0.2) is 0 Å². The highest BCUT2D eigenvalue weighted by molar-refractivity contribution is 7.81. The van der Waals surface area contributed by atoms with E-state index in [1.54, 1.807) is 0 Å². The Morgan fingerprint density at radius 2 is 1.27 bits per heavy atom. The number of carbonyl (C=O) groups is 2. The minimum atomic E-state index is -0.745. The Balaban J connectivity index is -0.000000249. The number of carboxylic acids is 2. The molecule has 0 bridgehead atoms. The number of aliphatic carboxylic acids is 2. The van der Waals surface area contributed by atoms with E-state index >= 15 is 0 Å². The van der Waals surface area contributed by atoms with Crippen LogP contribution in [0.4, 0.5) is 0 Å². The molecule has 0 amide bonds. The number of aliphatic hydroxyl groups is 2. The highest BCUT2D eigenvalue weighted by Crippen LogP contribution is 2.02. The summed E-state index contributed by atoms with van der Waals surface area (Å²) >= 11 is 8.02. The summed E-state index contributed by atoms with van der Waals surface area (Å²) in [7, 11) is 0. The van der Waals surface area contributed by atoms with Crippen LogP contribution in [0.2, 0.25) is 0 Å². The number of hydrogen-bond acceptors (Lipinski definition) is 6. The van der Waals surface area contributed by atoms with E-state index < -0.39 is 18.0 Å². The summed E-state index contributed by atoms with van der Waals surface area (Å²) in [5.74, 6) is -1.49. The first-order valence-electron chi connectivity index (χ1n) is 7.15. The maximum absolute atomic E-state index is 9.87. The molecule has 0 aliphatic carbocycles. The lowest BCUT2D eigenvalue weighted by atomic mass is 10.2. The second-order valence-electron chi connectivity index (χ2n) is 4.81. The maximum atomic E-state index is 9.87. The first-order valence-corrected chi connectivity index (χ1v) is 8.18. The Labute approximate surface area is 143 Å². The van der Waals surface area contributed by atoms with Crippen molar-refractivity contribution in [3.8, 4) is 0 Å². The van der Waals surface area contributed by atoms with Crippen LogP contribution in [0.1, 0.15) is 52.9 Å². The molecule has 4 N–H and O–H groups in total. The second kappa shape index (κ2) is 18.6. The standard InChI is InChI=1S/2C5H10O2S.C4H10O2/c2*1-4(8)2-3-5(6)7;1-2-4(6)3-5/h2*4,8H,2-3H2,1H3,(H,6,7);4-6H,2-3H2,1H3. The molecule has 0 aromatic heterocycles. The first-order chi connectivity index (χ1) is 10.1. The lowest BCUT2D eigenvalue weighted by molar-refractivity contribution is -0.138. The van der Waals surface area contributed by atoms with E-state index in [9.17, 15) is 9.59 Å². The van der Waals surface area contributed by atoms with E-state index in [-0.39, 0.29) is 29.9 Å². The van der Waals surface area contributed by atoms with Crippen molar-refractivity contribution >= 4 is 37.2 Å². The second-order valence-corrected chi connectivity index (χ2v) is 6.57. The van der Waals surface area contributed by atoms with Crippen LogP contribution in [0.3, 0.4) is 0 Å². The zero-order valence-corrected chi connectivity index (χ0v) is 15.3. The van der Waals surface area contributed by atoms with E-state index in [0.717, 1.165) is 0 Å². The van der Waals surface area contributed by atoms with Crippen LogP contribution in [0.15, 0.2) is 0 Å². The first kappa shape index (κ1) is 26.5. The molecule has 22 heavy (non-hydrogen) atoms. The summed E-state index contributed by atoms with van der Waals surface area (Å²) in [4.78, 5) is 19.7. The number of aliphatic hydroxyl groups excluding tert-OH is 2. The normalized spacial score (nSPS) is 13.6. The highest BCUT2D eigenvalue weighted by Gasteiger charge is 1.99. The maximum Gasteiger partial charge on any atom is 0.303 e. The minimum Gasteiger partial charge on any atom is -0.481 e. The summed E-state index contributed by atoms with van der Waals surface area (Å²) in [5, 5.41) is 33.2. The number of hydrogen-bond donors (Lipinski definition) is 6. The van der Waals surface area contributed by atoms with Crippen molar-refractivity contribution in [2.45, 2.75) is 69.5 Å². The van der Waals surface area contributed by atoms with Gasteiger partial charge in [-0.3, -0.25) is 9.59 Å². The summed E-state index contributed by atoms with van der Waals surface area (Å²) in [5.41, 5.74) is 0. The quantitative estimate of drug-likeness (QED) is 0.370. The molecule has 0 aliphatic heterocycles. The Bertz CT molecular complexity index is 246. The van der Waals surface area contributed by atoms with Crippen molar-refractivity contribution in [1.29, 1.82) is 0 Å². The third kappa shape index (κ3) is 36.6. The van der Waals surface area contributed by atoms with Crippen LogP contribution in [0.5, 0.6) is 0 Å². The van der Waals surface area contributed by atoms with Crippen molar-refractivity contribution in [3.63, 3.8) is 0 Å². The van der Waals surface area contributed by atoms with E-state index in [2.05, 4.69) is 25.3 Å². The Morgan fingerprint density at radius 3 is 1.32 bits per heavy atom. The Hall–Kier alpha value is -0.440. The lowest BCUT2D eigenvalue weighted by Crippen LogP contribution is -2.08. The molecule has 0 heterocycles. The molecule has 0 radical (unpaired) electrons. The van der Waals surface area contributed by atoms with Crippen LogP contribution in [0.25, 0.3) is 0 Å². The molecule has 134 valence electrons. The molecular formula is C14H30O6S2. The van der Waals surface area contributed by atoms with Gasteiger partial charge < -0.3 is 20.4 Å². The van der Waals surface area contributed by atoms with E-state index in [1.165, 1.54) is 0 Å². The van der Waals surface area contributed by atoms with Gasteiger partial charge in [-0.05, 0) is 29.8 Å². The van der Waals surface area contributed by atoms with Gasteiger partial charge in [-0.2, -0.15) is 25.3 Å². The minimum absolute atomic E-state index is 0.115. The van der Waals surface area contributed by atoms with Gasteiger partial charge in [0, 0.05) is 12.8 Å². The predicted octanol–water partition coefficient (Wildman–Crippen LogP) is 2.09. The molecular weight excluding hydrogens is 328 g/mol. The number of thiol groups is 2. The SMILES string of the molecule is CC(S)CCC(=O)O.CC(S)CCC(=O)O.CCC(O)CO. The lowest BCUT2D eigenvalue weighted by Gasteiger charge is -1.97. The predicted molar refractivity (Wildman–Crippen MR) is 94.0 cm³/mol. The molecule has 8 heteroatoms. The van der Waals surface area contributed by atoms with Gasteiger partial charge in [0.2, 0.25) is 0 Å². The van der Waals surface area contributed by atoms with Gasteiger partial charge in [-0.15, -0.1) is 0 Å². The molecule has 0 aromatic rings. The van der Waals surface area contributed by atoms with Gasteiger partial charge in [0.1, 0.15) is 0 Å². The third-order valence-corrected chi connectivity index (χ3v) is 2.75. The van der Waals surface area contributed by atoms with E-state index in [4.69, 9.17) is 20.4 Å². The molecule has 3 atom stereocenters. The molecule has 0 saturated heterocycles. The van der Waals surface area contributed by atoms with Crippen molar-refractivity contribution in [3.05, 3.63) is 0 Å². The summed E-state index contributed by atoms with van der Waals surface area (Å²) in [6, 6.07) is 0. The monoisotopic (exact) mass is 358 g/mol. The Kier molecular flexibility index (Phi) is 22.4.